The number of aryl methyl sites for hydroxylation is 2. The number of hydrogen-bond acceptors (Lipinski definition) is 4. The van der Waals surface area contributed by atoms with Crippen molar-refractivity contribution in [1.82, 2.24) is 9.88 Å². The van der Waals surface area contributed by atoms with Gasteiger partial charge in [0.15, 0.2) is 0 Å². The van der Waals surface area contributed by atoms with Gasteiger partial charge >= 0.3 is 0 Å². The van der Waals surface area contributed by atoms with Crippen molar-refractivity contribution in [1.29, 1.82) is 0 Å². The molecule has 0 spiro atoms. The van der Waals surface area contributed by atoms with Gasteiger partial charge in [0.05, 0.1) is 16.7 Å². The average Bonchev–Trinajstić information content (AvgIpc) is 2.97. The van der Waals surface area contributed by atoms with Crippen LogP contribution >= 0.6 is 23.7 Å². The van der Waals surface area contributed by atoms with E-state index in [1.165, 1.54) is 34.8 Å². The van der Waals surface area contributed by atoms with Crippen LogP contribution in [0.4, 0.5) is 0 Å². The summed E-state index contributed by atoms with van der Waals surface area (Å²) < 4.78 is 0. The predicted octanol–water partition coefficient (Wildman–Crippen LogP) is 2.89. The van der Waals surface area contributed by atoms with Crippen LogP contribution in [0.15, 0.2) is 0 Å². The molecule has 3 rings (SSSR count). The Morgan fingerprint density at radius 3 is 2.91 bits per heavy atom. The number of aromatic nitrogens is 1. The van der Waals surface area contributed by atoms with Crippen LogP contribution in [0.2, 0.25) is 0 Å². The van der Waals surface area contributed by atoms with Crippen LogP contribution in [-0.4, -0.2) is 34.9 Å². The zero-order chi connectivity index (χ0) is 14.8. The fraction of sp³-hybridized carbons (Fsp3) is 0.750. The third-order valence-corrected chi connectivity index (χ3v) is 6.02. The molecule has 4 nitrogen and oxygen atoms in total. The van der Waals surface area contributed by atoms with Gasteiger partial charge in [0.2, 0.25) is 5.91 Å². The molecule has 1 saturated heterocycles. The Bertz CT molecular complexity index is 496. The number of fused-ring (bicyclic) bond motifs is 1. The molecule has 0 radical (unpaired) electrons. The van der Waals surface area contributed by atoms with E-state index in [0.717, 1.165) is 32.4 Å². The molecule has 1 amide bonds. The summed E-state index contributed by atoms with van der Waals surface area (Å²) in [5, 5.41) is 1.25. The summed E-state index contributed by atoms with van der Waals surface area (Å²) in [6.45, 7) is 3.63. The van der Waals surface area contributed by atoms with Crippen LogP contribution in [0.3, 0.4) is 0 Å². The summed E-state index contributed by atoms with van der Waals surface area (Å²) in [6, 6.07) is -0.340. The van der Waals surface area contributed by atoms with E-state index in [0.29, 0.717) is 12.3 Å². The summed E-state index contributed by atoms with van der Waals surface area (Å²) >= 11 is 1.89. The van der Waals surface area contributed by atoms with Gasteiger partial charge in [0.25, 0.3) is 0 Å². The highest BCUT2D eigenvalue weighted by atomic mass is 35.5. The number of thiazole rings is 1. The number of carbonyl (C=O) groups is 1. The number of amides is 1. The molecule has 6 heteroatoms. The average molecular weight is 344 g/mol. The van der Waals surface area contributed by atoms with Gasteiger partial charge in [-0.15, -0.1) is 23.7 Å². The van der Waals surface area contributed by atoms with Crippen molar-refractivity contribution in [2.24, 2.45) is 5.73 Å². The van der Waals surface area contributed by atoms with E-state index in [4.69, 9.17) is 10.7 Å². The number of halogens is 1. The van der Waals surface area contributed by atoms with Crippen LogP contribution in [-0.2, 0) is 17.6 Å². The number of likely N-dealkylation sites (tertiary alicyclic amines) is 1. The van der Waals surface area contributed by atoms with Gasteiger partial charge in [-0.2, -0.15) is 0 Å². The van der Waals surface area contributed by atoms with E-state index in [1.54, 1.807) is 0 Å². The van der Waals surface area contributed by atoms with Crippen molar-refractivity contribution in [3.8, 4) is 0 Å². The number of nitrogens with two attached hydrogens (primary N) is 1. The van der Waals surface area contributed by atoms with E-state index in [1.807, 2.05) is 23.2 Å². The zero-order valence-electron chi connectivity index (χ0n) is 13.2. The van der Waals surface area contributed by atoms with E-state index in [2.05, 4.69) is 0 Å². The molecule has 1 aromatic rings. The number of carbonyl (C=O) groups excluding carboxylic acids is 1. The first kappa shape index (κ1) is 17.7. The third-order valence-electron chi connectivity index (χ3n) is 4.70. The van der Waals surface area contributed by atoms with Gasteiger partial charge in [-0.1, -0.05) is 6.92 Å². The minimum Gasteiger partial charge on any atom is -0.341 e. The quantitative estimate of drug-likeness (QED) is 0.918. The van der Waals surface area contributed by atoms with Gasteiger partial charge < -0.3 is 10.6 Å². The Morgan fingerprint density at radius 1 is 1.41 bits per heavy atom. The first-order valence-electron chi connectivity index (χ1n) is 8.22. The summed E-state index contributed by atoms with van der Waals surface area (Å²) in [5.74, 6) is 0.533. The van der Waals surface area contributed by atoms with Crippen LogP contribution < -0.4 is 5.73 Å². The molecule has 2 atom stereocenters. The summed E-state index contributed by atoms with van der Waals surface area (Å²) in [4.78, 5) is 20.6. The van der Waals surface area contributed by atoms with Gasteiger partial charge in [0, 0.05) is 23.9 Å². The molecule has 1 aromatic heterocycles. The molecule has 124 valence electrons. The Balaban J connectivity index is 0.00000176. The van der Waals surface area contributed by atoms with Crippen molar-refractivity contribution in [3.63, 3.8) is 0 Å². The number of nitrogens with zero attached hydrogens (tertiary/aromatic N) is 2. The monoisotopic (exact) mass is 343 g/mol. The van der Waals surface area contributed by atoms with Crippen LogP contribution in [0.1, 0.15) is 60.5 Å². The lowest BCUT2D eigenvalue weighted by Crippen LogP contribution is -2.47. The SMILES string of the molecule is CCC(N)C(=O)N1CCCC(c2nc3c(s2)CCCC3)C1.Cl. The van der Waals surface area contributed by atoms with Crippen molar-refractivity contribution in [2.75, 3.05) is 13.1 Å². The fourth-order valence-corrected chi connectivity index (χ4v) is 4.61. The van der Waals surface area contributed by atoms with Gasteiger partial charge in [-0.25, -0.2) is 4.98 Å². The number of piperidine rings is 1. The largest absolute Gasteiger partial charge is 0.341 e. The topological polar surface area (TPSA) is 59.2 Å². The molecule has 1 aliphatic heterocycles. The molecule has 1 aliphatic carbocycles. The highest BCUT2D eigenvalue weighted by Crippen LogP contribution is 2.34. The maximum absolute atomic E-state index is 12.3. The molecule has 22 heavy (non-hydrogen) atoms. The van der Waals surface area contributed by atoms with E-state index >= 15 is 0 Å². The van der Waals surface area contributed by atoms with Gasteiger partial charge in [0.1, 0.15) is 0 Å². The molecule has 0 bridgehead atoms. The van der Waals surface area contributed by atoms with Crippen LogP contribution in [0.25, 0.3) is 0 Å². The van der Waals surface area contributed by atoms with Crippen molar-refractivity contribution in [2.45, 2.75) is 63.8 Å². The Labute approximate surface area is 142 Å². The summed E-state index contributed by atoms with van der Waals surface area (Å²) in [7, 11) is 0. The van der Waals surface area contributed by atoms with Gasteiger partial charge in [-0.3, -0.25) is 4.79 Å². The molecule has 2 N–H and O–H groups in total. The molecule has 0 aromatic carbocycles. The maximum Gasteiger partial charge on any atom is 0.239 e. The third kappa shape index (κ3) is 3.63. The molecular weight excluding hydrogens is 318 g/mol. The second kappa shape index (κ2) is 7.75. The normalized spacial score (nSPS) is 22.6. The summed E-state index contributed by atoms with van der Waals surface area (Å²) in [6.07, 6.45) is 7.84. The highest BCUT2D eigenvalue weighted by molar-refractivity contribution is 7.11. The molecule has 2 aliphatic rings. The maximum atomic E-state index is 12.3. The smallest absolute Gasteiger partial charge is 0.239 e. The Morgan fingerprint density at radius 2 is 2.18 bits per heavy atom. The molecular formula is C16H26ClN3OS. The zero-order valence-corrected chi connectivity index (χ0v) is 14.8. The standard InChI is InChI=1S/C16H25N3OS.ClH/c1-2-12(17)16(20)19-9-5-6-11(10-19)15-18-13-7-3-4-8-14(13)21-15;/h11-12H,2-10,17H2,1H3;1H. The fourth-order valence-electron chi connectivity index (χ4n) is 3.33. The van der Waals surface area contributed by atoms with Crippen LogP contribution in [0, 0.1) is 0 Å². The number of hydrogen-bond donors (Lipinski definition) is 1. The van der Waals surface area contributed by atoms with Crippen molar-refractivity contribution < 1.29 is 4.79 Å². The second-order valence-electron chi connectivity index (χ2n) is 6.27. The molecule has 1 fully saturated rings. The second-order valence-corrected chi connectivity index (χ2v) is 7.38. The van der Waals surface area contributed by atoms with Crippen molar-refractivity contribution >= 4 is 29.7 Å². The lowest BCUT2D eigenvalue weighted by molar-refractivity contribution is -0.133. The summed E-state index contributed by atoms with van der Waals surface area (Å²) in [5.41, 5.74) is 7.24. The first-order valence-corrected chi connectivity index (χ1v) is 9.03. The van der Waals surface area contributed by atoms with E-state index in [9.17, 15) is 4.79 Å². The minimum absolute atomic E-state index is 0. The van der Waals surface area contributed by atoms with Gasteiger partial charge in [-0.05, 0) is 44.9 Å². The molecule has 2 unspecified atom stereocenters. The lowest BCUT2D eigenvalue weighted by Gasteiger charge is -2.33. The first-order chi connectivity index (χ1) is 10.2. The lowest BCUT2D eigenvalue weighted by atomic mass is 9.97. The molecule has 0 saturated carbocycles. The Hall–Kier alpha value is -0.650. The Kier molecular flexibility index (Phi) is 6.24. The minimum atomic E-state index is -0.340. The highest BCUT2D eigenvalue weighted by Gasteiger charge is 2.29. The molecule has 2 heterocycles. The van der Waals surface area contributed by atoms with E-state index in [-0.39, 0.29) is 24.4 Å². The van der Waals surface area contributed by atoms with E-state index < -0.39 is 0 Å². The predicted molar refractivity (Wildman–Crippen MR) is 92.8 cm³/mol. The van der Waals surface area contributed by atoms with Crippen molar-refractivity contribution in [3.05, 3.63) is 15.6 Å². The van der Waals surface area contributed by atoms with Crippen LogP contribution in [0.5, 0.6) is 0 Å². The number of rotatable bonds is 3.